The second-order valence-corrected chi connectivity index (χ2v) is 10.6. The van der Waals surface area contributed by atoms with Gasteiger partial charge in [-0.1, -0.05) is 23.2 Å². The molecule has 0 bridgehead atoms. The fourth-order valence-corrected chi connectivity index (χ4v) is 5.94. The maximum Gasteiger partial charge on any atom is 0.163 e. The summed E-state index contributed by atoms with van der Waals surface area (Å²) < 4.78 is 29.6. The third-order valence-electron chi connectivity index (χ3n) is 7.10. The van der Waals surface area contributed by atoms with E-state index < -0.39 is 5.79 Å². The standard InChI is InChI=1S/C25H24Cl2FN5O2/c1-25(2)34-20-13(4-3-12-7-17(28)15-10-16(26)23(29)32-18(15)8-12)9-19(21(20)35-25)33-6-5-14-22(27)30-11-31-24(14)33/h5-8,10-11,13,19-21H,3-4,9H2,1-2H3,(H2,29,32)/t13?,19-,20-,21+/m1/s1. The Balaban J connectivity index is 1.28. The third-order valence-corrected chi connectivity index (χ3v) is 7.70. The molecule has 4 aromatic rings. The molecule has 4 atom stereocenters. The first kappa shape index (κ1) is 22.9. The van der Waals surface area contributed by atoms with Gasteiger partial charge in [0, 0.05) is 11.6 Å². The van der Waals surface area contributed by atoms with Gasteiger partial charge in [0.15, 0.2) is 5.79 Å². The minimum Gasteiger partial charge on any atom is -0.382 e. The van der Waals surface area contributed by atoms with Gasteiger partial charge in [-0.25, -0.2) is 19.3 Å². The number of fused-ring (bicyclic) bond motifs is 3. The van der Waals surface area contributed by atoms with Gasteiger partial charge in [0.2, 0.25) is 0 Å². The number of benzene rings is 1. The quantitative estimate of drug-likeness (QED) is 0.349. The van der Waals surface area contributed by atoms with Gasteiger partial charge in [0.05, 0.1) is 28.1 Å². The molecule has 0 radical (unpaired) electrons. The molecule has 4 heterocycles. The molecule has 2 fully saturated rings. The van der Waals surface area contributed by atoms with E-state index in [4.69, 9.17) is 38.4 Å². The number of nitrogen functional groups attached to an aromatic ring is 1. The normalized spacial score (nSPS) is 25.5. The molecule has 1 saturated heterocycles. The minimum absolute atomic E-state index is 0.0344. The Morgan fingerprint density at radius 3 is 2.77 bits per heavy atom. The van der Waals surface area contributed by atoms with Crippen molar-refractivity contribution >= 4 is 51.0 Å². The number of nitrogens with two attached hydrogens (primary N) is 1. The zero-order valence-corrected chi connectivity index (χ0v) is 20.7. The van der Waals surface area contributed by atoms with Crippen LogP contribution in [0.15, 0.2) is 36.8 Å². The van der Waals surface area contributed by atoms with Crippen LogP contribution < -0.4 is 5.73 Å². The lowest BCUT2D eigenvalue weighted by Gasteiger charge is -2.24. The van der Waals surface area contributed by atoms with Gasteiger partial charge in [0.1, 0.15) is 34.9 Å². The van der Waals surface area contributed by atoms with Crippen LogP contribution in [0.3, 0.4) is 0 Å². The van der Waals surface area contributed by atoms with E-state index in [0.717, 1.165) is 29.4 Å². The predicted molar refractivity (Wildman–Crippen MR) is 133 cm³/mol. The summed E-state index contributed by atoms with van der Waals surface area (Å²) in [7, 11) is 0. The SMILES string of the molecule is CC1(C)O[C@@H]2[C@H](O1)C(CCc1cc(F)c3cc(Cl)c(N)nc3c1)C[C@H]2n1ccc2c(Cl)ncnc21. The highest BCUT2D eigenvalue weighted by atomic mass is 35.5. The van der Waals surface area contributed by atoms with Crippen LogP contribution in [0.25, 0.3) is 21.9 Å². The van der Waals surface area contributed by atoms with E-state index in [0.29, 0.717) is 22.5 Å². The molecule has 1 aliphatic carbocycles. The van der Waals surface area contributed by atoms with Crippen LogP contribution in [-0.4, -0.2) is 37.5 Å². The van der Waals surface area contributed by atoms with Crippen LogP contribution in [0.4, 0.5) is 10.2 Å². The van der Waals surface area contributed by atoms with Crippen molar-refractivity contribution in [3.63, 3.8) is 0 Å². The van der Waals surface area contributed by atoms with Gasteiger partial charge in [-0.3, -0.25) is 0 Å². The maximum absolute atomic E-state index is 14.8. The summed E-state index contributed by atoms with van der Waals surface area (Å²) in [6.07, 6.45) is 5.57. The average Bonchev–Trinajstić information content (AvgIpc) is 3.45. The maximum atomic E-state index is 14.8. The monoisotopic (exact) mass is 515 g/mol. The lowest BCUT2D eigenvalue weighted by molar-refractivity contribution is -0.160. The number of rotatable bonds is 4. The Hall–Kier alpha value is -2.52. The Morgan fingerprint density at radius 1 is 1.14 bits per heavy atom. The van der Waals surface area contributed by atoms with E-state index in [1.807, 2.05) is 32.2 Å². The Morgan fingerprint density at radius 2 is 1.94 bits per heavy atom. The van der Waals surface area contributed by atoms with Crippen molar-refractivity contribution < 1.29 is 13.9 Å². The van der Waals surface area contributed by atoms with Crippen molar-refractivity contribution in [2.75, 3.05) is 5.73 Å². The third kappa shape index (κ3) is 3.93. The molecule has 1 aliphatic heterocycles. The molecule has 7 nitrogen and oxygen atoms in total. The van der Waals surface area contributed by atoms with Gasteiger partial charge in [-0.2, -0.15) is 0 Å². The number of hydrogen-bond donors (Lipinski definition) is 1. The highest BCUT2D eigenvalue weighted by Crippen LogP contribution is 2.49. The number of halogens is 3. The number of aromatic nitrogens is 4. The molecule has 6 rings (SSSR count). The Bertz CT molecular complexity index is 1460. The van der Waals surface area contributed by atoms with Crippen molar-refractivity contribution in [3.8, 4) is 0 Å². The fraction of sp³-hybridized carbons (Fsp3) is 0.400. The van der Waals surface area contributed by atoms with Crippen LogP contribution in [0.5, 0.6) is 0 Å². The van der Waals surface area contributed by atoms with Gasteiger partial charge in [0.25, 0.3) is 0 Å². The fourth-order valence-electron chi connectivity index (χ4n) is 5.59. The first-order valence-corrected chi connectivity index (χ1v) is 12.3. The largest absolute Gasteiger partial charge is 0.382 e. The summed E-state index contributed by atoms with van der Waals surface area (Å²) in [6, 6.07) is 6.92. The molecule has 1 saturated carbocycles. The zero-order valence-electron chi connectivity index (χ0n) is 19.2. The van der Waals surface area contributed by atoms with E-state index in [1.54, 1.807) is 6.07 Å². The summed E-state index contributed by atoms with van der Waals surface area (Å²) in [6.45, 7) is 3.87. The second kappa shape index (κ2) is 8.27. The van der Waals surface area contributed by atoms with E-state index in [-0.39, 0.29) is 40.8 Å². The van der Waals surface area contributed by atoms with Crippen molar-refractivity contribution in [1.29, 1.82) is 0 Å². The number of hydrogen-bond acceptors (Lipinski definition) is 6. The molecule has 1 aromatic carbocycles. The molecule has 2 N–H and O–H groups in total. The zero-order chi connectivity index (χ0) is 24.5. The topological polar surface area (TPSA) is 88.1 Å². The molecular formula is C25H24Cl2FN5O2. The van der Waals surface area contributed by atoms with Crippen molar-refractivity contribution in [2.24, 2.45) is 5.92 Å². The lowest BCUT2D eigenvalue weighted by Crippen LogP contribution is -2.27. The van der Waals surface area contributed by atoms with E-state index in [1.165, 1.54) is 12.4 Å². The van der Waals surface area contributed by atoms with Crippen LogP contribution in [-0.2, 0) is 15.9 Å². The van der Waals surface area contributed by atoms with Crippen molar-refractivity contribution in [3.05, 3.63) is 58.3 Å². The first-order valence-electron chi connectivity index (χ1n) is 11.6. The molecule has 2 aliphatic rings. The molecule has 35 heavy (non-hydrogen) atoms. The van der Waals surface area contributed by atoms with Gasteiger partial charge in [-0.05, 0) is 68.9 Å². The van der Waals surface area contributed by atoms with Gasteiger partial charge < -0.3 is 19.8 Å². The van der Waals surface area contributed by atoms with E-state index in [9.17, 15) is 4.39 Å². The second-order valence-electron chi connectivity index (χ2n) is 9.79. The van der Waals surface area contributed by atoms with Crippen LogP contribution in [0.2, 0.25) is 10.2 Å². The minimum atomic E-state index is -0.683. The summed E-state index contributed by atoms with van der Waals surface area (Å²) in [4.78, 5) is 12.8. The summed E-state index contributed by atoms with van der Waals surface area (Å²) in [5.41, 5.74) is 7.97. The highest BCUT2D eigenvalue weighted by molar-refractivity contribution is 6.34. The molecule has 182 valence electrons. The summed E-state index contributed by atoms with van der Waals surface area (Å²) in [5.74, 6) is -0.634. The number of anilines is 1. The number of nitrogens with zero attached hydrogens (tertiary/aromatic N) is 4. The van der Waals surface area contributed by atoms with Crippen LogP contribution in [0.1, 0.15) is 38.3 Å². The highest BCUT2D eigenvalue weighted by Gasteiger charge is 2.54. The van der Waals surface area contributed by atoms with E-state index >= 15 is 0 Å². The smallest absolute Gasteiger partial charge is 0.163 e. The average molecular weight is 516 g/mol. The molecular weight excluding hydrogens is 492 g/mol. The van der Waals surface area contributed by atoms with E-state index in [2.05, 4.69) is 19.5 Å². The number of pyridine rings is 1. The molecule has 10 heteroatoms. The molecule has 3 aromatic heterocycles. The first-order chi connectivity index (χ1) is 16.7. The van der Waals surface area contributed by atoms with Crippen molar-refractivity contribution in [1.82, 2.24) is 19.5 Å². The van der Waals surface area contributed by atoms with Gasteiger partial charge >= 0.3 is 0 Å². The summed E-state index contributed by atoms with van der Waals surface area (Å²) >= 11 is 12.3. The van der Waals surface area contributed by atoms with Gasteiger partial charge in [-0.15, -0.1) is 0 Å². The Labute approximate surface area is 211 Å². The van der Waals surface area contributed by atoms with Crippen LogP contribution >= 0.6 is 23.2 Å². The number of aryl methyl sites for hydroxylation is 1. The molecule has 1 unspecified atom stereocenters. The van der Waals surface area contributed by atoms with Crippen molar-refractivity contribution in [2.45, 2.75) is 57.1 Å². The number of ether oxygens (including phenoxy) is 2. The molecule has 0 amide bonds. The molecule has 0 spiro atoms. The van der Waals surface area contributed by atoms with Crippen LogP contribution in [0, 0.1) is 11.7 Å². The predicted octanol–water partition coefficient (Wildman–Crippen LogP) is 5.72. The Kier molecular flexibility index (Phi) is 5.41. The lowest BCUT2D eigenvalue weighted by atomic mass is 9.95. The summed E-state index contributed by atoms with van der Waals surface area (Å²) in [5, 5.41) is 1.85.